The number of carbonyl (C=O) groups excluding carboxylic acids is 1. The number of oxazole rings is 1. The van der Waals surface area contributed by atoms with Gasteiger partial charge < -0.3 is 14.5 Å². The molecule has 6 nitrogen and oxygen atoms in total. The largest absolute Gasteiger partial charge is 0.419 e. The smallest absolute Gasteiger partial charge is 0.408 e. The number of benzene rings is 1. The maximum atomic E-state index is 11.8. The van der Waals surface area contributed by atoms with Crippen LogP contribution in [0.3, 0.4) is 0 Å². The van der Waals surface area contributed by atoms with Gasteiger partial charge >= 0.3 is 5.76 Å². The zero-order valence-electron chi connectivity index (χ0n) is 11.2. The zero-order valence-corrected chi connectivity index (χ0v) is 11.2. The summed E-state index contributed by atoms with van der Waals surface area (Å²) in [5.74, 6) is -0.474. The van der Waals surface area contributed by atoms with Gasteiger partial charge in [-0.3, -0.25) is 9.36 Å². The number of ether oxygens (including phenoxy) is 1. The topological polar surface area (TPSA) is 73.5 Å². The van der Waals surface area contributed by atoms with E-state index in [1.165, 1.54) is 4.57 Å². The molecule has 1 aliphatic rings. The van der Waals surface area contributed by atoms with Crippen LogP contribution in [-0.4, -0.2) is 23.2 Å². The zero-order chi connectivity index (χ0) is 14.1. The molecule has 106 valence electrons. The van der Waals surface area contributed by atoms with Gasteiger partial charge in [0.15, 0.2) is 5.58 Å². The Morgan fingerprint density at radius 1 is 1.50 bits per heavy atom. The van der Waals surface area contributed by atoms with Crippen molar-refractivity contribution in [2.24, 2.45) is 7.05 Å². The van der Waals surface area contributed by atoms with Gasteiger partial charge in [0.2, 0.25) is 5.91 Å². The number of aryl methyl sites for hydroxylation is 1. The molecule has 6 heteroatoms. The quantitative estimate of drug-likeness (QED) is 0.905. The maximum absolute atomic E-state index is 11.8. The fourth-order valence-electron chi connectivity index (χ4n) is 2.38. The van der Waals surface area contributed by atoms with Gasteiger partial charge in [-0.05, 0) is 30.5 Å². The molecule has 1 aliphatic heterocycles. The molecule has 1 aromatic carbocycles. The van der Waals surface area contributed by atoms with Crippen LogP contribution in [0.5, 0.6) is 0 Å². The van der Waals surface area contributed by atoms with E-state index in [0.717, 1.165) is 23.9 Å². The van der Waals surface area contributed by atoms with Crippen molar-refractivity contribution in [1.29, 1.82) is 0 Å². The summed E-state index contributed by atoms with van der Waals surface area (Å²) in [6, 6.07) is 5.45. The number of nitrogens with zero attached hydrogens (tertiary/aromatic N) is 1. The summed E-state index contributed by atoms with van der Waals surface area (Å²) in [4.78, 5) is 23.2. The summed E-state index contributed by atoms with van der Waals surface area (Å²) in [6.45, 7) is 1.05. The Labute approximate surface area is 115 Å². The molecule has 2 heterocycles. The minimum absolute atomic E-state index is 0.0860. The average Bonchev–Trinajstić information content (AvgIpc) is 3.06. The Balaban J connectivity index is 1.71. The number of nitrogens with one attached hydrogen (secondary N) is 1. The highest BCUT2D eigenvalue weighted by molar-refractivity contribution is 5.81. The highest BCUT2D eigenvalue weighted by Gasteiger charge is 2.23. The van der Waals surface area contributed by atoms with Crippen molar-refractivity contribution in [2.45, 2.75) is 25.5 Å². The van der Waals surface area contributed by atoms with Crippen LogP contribution < -0.4 is 11.1 Å². The van der Waals surface area contributed by atoms with Crippen LogP contribution in [0.1, 0.15) is 18.4 Å². The predicted octanol–water partition coefficient (Wildman–Crippen LogP) is 0.927. The van der Waals surface area contributed by atoms with Crippen LogP contribution in [0.25, 0.3) is 11.1 Å². The molecule has 1 atom stereocenters. The summed E-state index contributed by atoms with van der Waals surface area (Å²) >= 11 is 0. The fraction of sp³-hybridized carbons (Fsp3) is 0.429. The fourth-order valence-corrected chi connectivity index (χ4v) is 2.38. The first kappa shape index (κ1) is 12.9. The van der Waals surface area contributed by atoms with Gasteiger partial charge in [0.05, 0.1) is 5.52 Å². The Bertz CT molecular complexity index is 695. The van der Waals surface area contributed by atoms with Crippen LogP contribution >= 0.6 is 0 Å². The number of carbonyl (C=O) groups is 1. The summed E-state index contributed by atoms with van der Waals surface area (Å²) in [5.41, 5.74) is 2.16. The summed E-state index contributed by atoms with van der Waals surface area (Å²) in [5, 5.41) is 2.84. The third-order valence-electron chi connectivity index (χ3n) is 3.55. The lowest BCUT2D eigenvalue weighted by Gasteiger charge is -2.10. The normalized spacial score (nSPS) is 18.6. The minimum atomic E-state index is -0.388. The monoisotopic (exact) mass is 276 g/mol. The SMILES string of the molecule is Cn1c(=O)oc2cc(CNC(=O)C3CCCO3)ccc21. The van der Waals surface area contributed by atoms with E-state index in [2.05, 4.69) is 5.32 Å². The molecule has 1 unspecified atom stereocenters. The molecule has 0 radical (unpaired) electrons. The van der Waals surface area contributed by atoms with Crippen molar-refractivity contribution in [3.63, 3.8) is 0 Å². The Kier molecular flexibility index (Phi) is 3.31. The van der Waals surface area contributed by atoms with Gasteiger partial charge in [-0.25, -0.2) is 4.79 Å². The molecular weight excluding hydrogens is 260 g/mol. The number of rotatable bonds is 3. The Morgan fingerprint density at radius 3 is 3.10 bits per heavy atom. The van der Waals surface area contributed by atoms with Crippen molar-refractivity contribution < 1.29 is 13.9 Å². The van der Waals surface area contributed by atoms with Gasteiger partial charge in [0.25, 0.3) is 0 Å². The van der Waals surface area contributed by atoms with Gasteiger partial charge in [0.1, 0.15) is 6.10 Å². The summed E-state index contributed by atoms with van der Waals surface area (Å²) in [6.07, 6.45) is 1.38. The summed E-state index contributed by atoms with van der Waals surface area (Å²) in [7, 11) is 1.66. The van der Waals surface area contributed by atoms with E-state index in [0.29, 0.717) is 18.7 Å². The molecule has 1 fully saturated rings. The second-order valence-electron chi connectivity index (χ2n) is 4.95. The highest BCUT2D eigenvalue weighted by Crippen LogP contribution is 2.15. The van der Waals surface area contributed by atoms with Crippen LogP contribution in [0.15, 0.2) is 27.4 Å². The molecule has 3 rings (SSSR count). The predicted molar refractivity (Wildman–Crippen MR) is 72.3 cm³/mol. The van der Waals surface area contributed by atoms with Crippen LogP contribution in [-0.2, 0) is 23.1 Å². The third-order valence-corrected chi connectivity index (χ3v) is 3.55. The van der Waals surface area contributed by atoms with Gasteiger partial charge in [0, 0.05) is 20.2 Å². The number of fused-ring (bicyclic) bond motifs is 1. The molecule has 0 spiro atoms. The molecule has 0 saturated carbocycles. The van der Waals surface area contributed by atoms with E-state index >= 15 is 0 Å². The molecule has 1 N–H and O–H groups in total. The Morgan fingerprint density at radius 2 is 2.35 bits per heavy atom. The maximum Gasteiger partial charge on any atom is 0.419 e. The number of hydrogen-bond acceptors (Lipinski definition) is 4. The van der Waals surface area contributed by atoms with Crippen molar-refractivity contribution in [1.82, 2.24) is 9.88 Å². The molecule has 1 saturated heterocycles. The first-order valence-electron chi connectivity index (χ1n) is 6.63. The number of amides is 1. The van der Waals surface area contributed by atoms with Crippen molar-refractivity contribution in [3.8, 4) is 0 Å². The molecule has 0 bridgehead atoms. The van der Waals surface area contributed by atoms with Crippen LogP contribution in [0.4, 0.5) is 0 Å². The molecule has 1 amide bonds. The van der Waals surface area contributed by atoms with Gasteiger partial charge in [-0.1, -0.05) is 6.07 Å². The lowest BCUT2D eigenvalue weighted by molar-refractivity contribution is -0.130. The lowest BCUT2D eigenvalue weighted by Crippen LogP contribution is -2.33. The first-order valence-corrected chi connectivity index (χ1v) is 6.63. The van der Waals surface area contributed by atoms with E-state index in [4.69, 9.17) is 9.15 Å². The van der Waals surface area contributed by atoms with Gasteiger partial charge in [-0.2, -0.15) is 0 Å². The third kappa shape index (κ3) is 2.34. The average molecular weight is 276 g/mol. The Hall–Kier alpha value is -2.08. The molecule has 1 aromatic heterocycles. The first-order chi connectivity index (χ1) is 9.65. The van der Waals surface area contributed by atoms with E-state index < -0.39 is 0 Å². The second kappa shape index (κ2) is 5.13. The van der Waals surface area contributed by atoms with E-state index in [1.54, 1.807) is 13.1 Å². The molecular formula is C14H16N2O4. The van der Waals surface area contributed by atoms with E-state index in [1.807, 2.05) is 12.1 Å². The molecule has 0 aliphatic carbocycles. The van der Waals surface area contributed by atoms with Crippen molar-refractivity contribution in [2.75, 3.05) is 6.61 Å². The van der Waals surface area contributed by atoms with Crippen molar-refractivity contribution >= 4 is 17.0 Å². The standard InChI is InChI=1S/C14H16N2O4/c1-16-10-5-4-9(7-12(10)20-14(16)18)8-15-13(17)11-3-2-6-19-11/h4-5,7,11H,2-3,6,8H2,1H3,(H,15,17). The second-order valence-corrected chi connectivity index (χ2v) is 4.95. The summed E-state index contributed by atoms with van der Waals surface area (Å²) < 4.78 is 11.9. The highest BCUT2D eigenvalue weighted by atomic mass is 16.5. The van der Waals surface area contributed by atoms with E-state index in [9.17, 15) is 9.59 Å². The number of aromatic nitrogens is 1. The van der Waals surface area contributed by atoms with Crippen LogP contribution in [0.2, 0.25) is 0 Å². The lowest BCUT2D eigenvalue weighted by atomic mass is 10.2. The van der Waals surface area contributed by atoms with Gasteiger partial charge in [-0.15, -0.1) is 0 Å². The van der Waals surface area contributed by atoms with Crippen molar-refractivity contribution in [3.05, 3.63) is 34.3 Å². The van der Waals surface area contributed by atoms with Crippen LogP contribution in [0, 0.1) is 0 Å². The minimum Gasteiger partial charge on any atom is -0.408 e. The molecule has 20 heavy (non-hydrogen) atoms. The molecule has 2 aromatic rings. The van der Waals surface area contributed by atoms with E-state index in [-0.39, 0.29) is 17.8 Å². The number of hydrogen-bond donors (Lipinski definition) is 1.